The van der Waals surface area contributed by atoms with Crippen LogP contribution in [0.4, 0.5) is 21.8 Å². The molecule has 2 aliphatic rings. The highest BCUT2D eigenvalue weighted by molar-refractivity contribution is 5.63. The van der Waals surface area contributed by atoms with Crippen LogP contribution in [0, 0.1) is 11.7 Å². The maximum atomic E-state index is 14.4. The second-order valence-electron chi connectivity index (χ2n) is 9.80. The van der Waals surface area contributed by atoms with Gasteiger partial charge in [0.1, 0.15) is 11.4 Å². The Morgan fingerprint density at radius 3 is 2.85 bits per heavy atom. The van der Waals surface area contributed by atoms with Crippen molar-refractivity contribution in [3.63, 3.8) is 0 Å². The van der Waals surface area contributed by atoms with Crippen LogP contribution in [-0.4, -0.2) is 48.3 Å². The van der Waals surface area contributed by atoms with Crippen molar-refractivity contribution in [1.82, 2.24) is 35.5 Å². The Morgan fingerprint density at radius 2 is 2.09 bits per heavy atom. The van der Waals surface area contributed by atoms with Crippen LogP contribution in [-0.2, 0) is 5.60 Å². The zero-order valence-electron chi connectivity index (χ0n) is 19.3. The van der Waals surface area contributed by atoms with E-state index in [1.165, 1.54) is 6.20 Å². The average molecular weight is 454 g/mol. The molecule has 1 fully saturated rings. The Kier molecular flexibility index (Phi) is 4.96. The Morgan fingerprint density at radius 1 is 1.27 bits per heavy atom. The van der Waals surface area contributed by atoms with Crippen molar-refractivity contribution >= 4 is 17.5 Å². The molecule has 0 radical (unpaired) electrons. The quantitative estimate of drug-likeness (QED) is 0.536. The SMILES string of the molecule is CC1C[C@H](CNc2nc(Nc3ccc4c(c3)-n3nnnc3C(C)(C)O4)ncc2F)C(C)(C)N1. The number of anilines is 3. The molecule has 5 rings (SSSR count). The number of benzene rings is 1. The normalized spacial score (nSPS) is 22.2. The topological polar surface area (TPSA) is 115 Å². The molecule has 10 nitrogen and oxygen atoms in total. The first-order valence-corrected chi connectivity index (χ1v) is 11.1. The van der Waals surface area contributed by atoms with Gasteiger partial charge in [-0.05, 0) is 75.6 Å². The lowest BCUT2D eigenvalue weighted by atomic mass is 9.89. The number of rotatable bonds is 5. The number of tetrazole rings is 1. The zero-order valence-corrected chi connectivity index (χ0v) is 19.3. The van der Waals surface area contributed by atoms with Crippen molar-refractivity contribution in [2.24, 2.45) is 5.92 Å². The number of hydrogen-bond donors (Lipinski definition) is 3. The van der Waals surface area contributed by atoms with Gasteiger partial charge in [0.25, 0.3) is 0 Å². The molecule has 1 saturated heterocycles. The maximum Gasteiger partial charge on any atom is 0.229 e. The van der Waals surface area contributed by atoms with Crippen LogP contribution in [0.2, 0.25) is 0 Å². The zero-order chi connectivity index (χ0) is 23.4. The summed E-state index contributed by atoms with van der Waals surface area (Å²) in [5.74, 6) is 1.59. The molecule has 33 heavy (non-hydrogen) atoms. The third kappa shape index (κ3) is 3.97. The minimum Gasteiger partial charge on any atom is -0.478 e. The predicted molar refractivity (Wildman–Crippen MR) is 121 cm³/mol. The smallest absolute Gasteiger partial charge is 0.229 e. The third-order valence-corrected chi connectivity index (χ3v) is 6.35. The van der Waals surface area contributed by atoms with Crippen molar-refractivity contribution in [1.29, 1.82) is 0 Å². The molecule has 174 valence electrons. The number of hydrogen-bond acceptors (Lipinski definition) is 9. The molecule has 2 aliphatic heterocycles. The number of nitrogens with one attached hydrogen (secondary N) is 3. The molecule has 3 N–H and O–H groups in total. The lowest BCUT2D eigenvalue weighted by molar-refractivity contribution is 0.0854. The van der Waals surface area contributed by atoms with E-state index in [2.05, 4.69) is 62.2 Å². The van der Waals surface area contributed by atoms with Crippen molar-refractivity contribution < 1.29 is 9.13 Å². The summed E-state index contributed by atoms with van der Waals surface area (Å²) in [4.78, 5) is 8.45. The van der Waals surface area contributed by atoms with Gasteiger partial charge in [0, 0.05) is 23.8 Å². The first kappa shape index (κ1) is 21.5. The van der Waals surface area contributed by atoms with Gasteiger partial charge in [-0.1, -0.05) is 0 Å². The molecule has 0 bridgehead atoms. The molecule has 4 heterocycles. The summed E-state index contributed by atoms with van der Waals surface area (Å²) in [7, 11) is 0. The van der Waals surface area contributed by atoms with Crippen molar-refractivity contribution in [3.05, 3.63) is 36.0 Å². The van der Waals surface area contributed by atoms with Gasteiger partial charge in [-0.2, -0.15) is 9.67 Å². The van der Waals surface area contributed by atoms with Crippen molar-refractivity contribution in [2.75, 3.05) is 17.2 Å². The molecule has 1 aromatic carbocycles. The number of halogens is 1. The van der Waals surface area contributed by atoms with E-state index in [0.717, 1.165) is 6.42 Å². The van der Waals surface area contributed by atoms with Crippen LogP contribution in [0.3, 0.4) is 0 Å². The van der Waals surface area contributed by atoms with E-state index in [1.807, 2.05) is 32.0 Å². The Balaban J connectivity index is 1.35. The summed E-state index contributed by atoms with van der Waals surface area (Å²) < 4.78 is 22.1. The minimum absolute atomic E-state index is 0.0220. The highest BCUT2D eigenvalue weighted by Gasteiger charge is 2.38. The Bertz CT molecular complexity index is 1190. The molecule has 0 amide bonds. The number of ether oxygens (including phenoxy) is 1. The molecule has 3 aromatic rings. The summed E-state index contributed by atoms with van der Waals surface area (Å²) in [5, 5.41) is 21.8. The third-order valence-electron chi connectivity index (χ3n) is 6.35. The Labute approximate surface area is 191 Å². The van der Waals surface area contributed by atoms with Crippen LogP contribution in [0.5, 0.6) is 5.75 Å². The van der Waals surface area contributed by atoms with Gasteiger partial charge in [0.2, 0.25) is 5.95 Å². The number of aromatic nitrogens is 6. The summed E-state index contributed by atoms with van der Waals surface area (Å²) in [6.45, 7) is 10.9. The lowest BCUT2D eigenvalue weighted by Gasteiger charge is -2.31. The summed E-state index contributed by atoms with van der Waals surface area (Å²) >= 11 is 0. The summed E-state index contributed by atoms with van der Waals surface area (Å²) in [5.41, 5.74) is 0.731. The van der Waals surface area contributed by atoms with E-state index in [4.69, 9.17) is 4.74 Å². The molecule has 2 atom stereocenters. The Hall–Kier alpha value is -3.34. The highest BCUT2D eigenvalue weighted by atomic mass is 19.1. The highest BCUT2D eigenvalue weighted by Crippen LogP contribution is 2.38. The van der Waals surface area contributed by atoms with Gasteiger partial charge in [-0.3, -0.25) is 0 Å². The van der Waals surface area contributed by atoms with Gasteiger partial charge in [0.05, 0.1) is 6.20 Å². The fourth-order valence-electron chi connectivity index (χ4n) is 4.66. The van der Waals surface area contributed by atoms with Gasteiger partial charge >= 0.3 is 0 Å². The molecule has 11 heteroatoms. The van der Waals surface area contributed by atoms with E-state index in [0.29, 0.717) is 41.5 Å². The molecule has 0 aliphatic carbocycles. The molecule has 0 saturated carbocycles. The van der Waals surface area contributed by atoms with Gasteiger partial charge < -0.3 is 20.7 Å². The number of fused-ring (bicyclic) bond motifs is 3. The lowest BCUT2D eigenvalue weighted by Crippen LogP contribution is -2.42. The van der Waals surface area contributed by atoms with Crippen molar-refractivity contribution in [3.8, 4) is 11.4 Å². The molecule has 1 unspecified atom stereocenters. The van der Waals surface area contributed by atoms with E-state index in [1.54, 1.807) is 4.68 Å². The summed E-state index contributed by atoms with van der Waals surface area (Å²) in [6, 6.07) is 5.96. The van der Waals surface area contributed by atoms with Gasteiger partial charge in [-0.25, -0.2) is 9.37 Å². The van der Waals surface area contributed by atoms with E-state index >= 15 is 0 Å². The van der Waals surface area contributed by atoms with Crippen LogP contribution < -0.4 is 20.7 Å². The second-order valence-corrected chi connectivity index (χ2v) is 9.80. The molecular formula is C22H28FN9O. The van der Waals surface area contributed by atoms with E-state index in [9.17, 15) is 4.39 Å². The summed E-state index contributed by atoms with van der Waals surface area (Å²) in [6.07, 6.45) is 2.19. The molecular weight excluding hydrogens is 425 g/mol. The fourth-order valence-corrected chi connectivity index (χ4v) is 4.66. The molecule has 0 spiro atoms. The minimum atomic E-state index is -0.646. The fraction of sp³-hybridized carbons (Fsp3) is 0.500. The van der Waals surface area contributed by atoms with E-state index in [-0.39, 0.29) is 17.3 Å². The average Bonchev–Trinajstić information content (AvgIpc) is 3.33. The van der Waals surface area contributed by atoms with Crippen LogP contribution >= 0.6 is 0 Å². The second kappa shape index (κ2) is 7.62. The first-order chi connectivity index (χ1) is 15.6. The maximum absolute atomic E-state index is 14.4. The van der Waals surface area contributed by atoms with Gasteiger partial charge in [0.15, 0.2) is 23.1 Å². The monoisotopic (exact) mass is 453 g/mol. The van der Waals surface area contributed by atoms with Crippen LogP contribution in [0.25, 0.3) is 5.69 Å². The van der Waals surface area contributed by atoms with Crippen LogP contribution in [0.1, 0.15) is 46.9 Å². The van der Waals surface area contributed by atoms with Gasteiger partial charge in [-0.15, -0.1) is 5.10 Å². The van der Waals surface area contributed by atoms with E-state index < -0.39 is 11.4 Å². The van der Waals surface area contributed by atoms with Crippen LogP contribution in [0.15, 0.2) is 24.4 Å². The predicted octanol–water partition coefficient (Wildman–Crippen LogP) is 3.15. The first-order valence-electron chi connectivity index (χ1n) is 11.1. The largest absolute Gasteiger partial charge is 0.478 e. The molecule has 2 aromatic heterocycles. The standard InChI is InChI=1S/C22H28FN9O/c1-12-8-13(21(2,3)28-12)10-24-18-15(23)11-25-20(27-18)26-14-6-7-17-16(9-14)32-19(29-30-31-32)22(4,5)33-17/h6-7,9,11-13,28H,8,10H2,1-5H3,(H2,24,25,26,27)/t12?,13-/m1/s1. The number of nitrogens with zero attached hydrogens (tertiary/aromatic N) is 6. The van der Waals surface area contributed by atoms with Crippen molar-refractivity contribution in [2.45, 2.75) is 58.2 Å².